The van der Waals surface area contributed by atoms with Crippen molar-refractivity contribution in [3.63, 3.8) is 0 Å². The zero-order valence-electron chi connectivity index (χ0n) is 12.6. The summed E-state index contributed by atoms with van der Waals surface area (Å²) < 4.78 is 13.1. The van der Waals surface area contributed by atoms with Gasteiger partial charge in [0.2, 0.25) is 0 Å². The summed E-state index contributed by atoms with van der Waals surface area (Å²) in [4.78, 5) is 2.25. The Bertz CT molecular complexity index is 364. The van der Waals surface area contributed by atoms with Crippen LogP contribution in [-0.4, -0.2) is 30.6 Å². The molecule has 0 radical (unpaired) electrons. The number of hydrogen-bond acceptors (Lipinski definition) is 2. The summed E-state index contributed by atoms with van der Waals surface area (Å²) >= 11 is 0. The van der Waals surface area contributed by atoms with Crippen molar-refractivity contribution in [2.24, 2.45) is 0 Å². The van der Waals surface area contributed by atoms with Gasteiger partial charge in [-0.1, -0.05) is 26.0 Å². The fourth-order valence-electron chi connectivity index (χ4n) is 2.15. The lowest BCUT2D eigenvalue weighted by molar-refractivity contribution is 0.235. The Morgan fingerprint density at radius 1 is 1.26 bits per heavy atom. The molecule has 0 aliphatic carbocycles. The minimum absolute atomic E-state index is 0.159. The molecule has 1 N–H and O–H groups in total. The molecule has 0 saturated carbocycles. The van der Waals surface area contributed by atoms with Gasteiger partial charge in [0.15, 0.2) is 0 Å². The van der Waals surface area contributed by atoms with Gasteiger partial charge < -0.3 is 5.32 Å². The van der Waals surface area contributed by atoms with Crippen molar-refractivity contribution in [3.05, 3.63) is 35.6 Å². The van der Waals surface area contributed by atoms with E-state index in [0.717, 1.165) is 31.5 Å². The van der Waals surface area contributed by atoms with Crippen LogP contribution in [-0.2, 0) is 6.54 Å². The second-order valence-electron chi connectivity index (χ2n) is 5.32. The highest BCUT2D eigenvalue weighted by Gasteiger charge is 2.11. The van der Waals surface area contributed by atoms with E-state index in [1.807, 2.05) is 6.07 Å². The van der Waals surface area contributed by atoms with E-state index in [9.17, 15) is 4.39 Å². The molecule has 1 rings (SSSR count). The highest BCUT2D eigenvalue weighted by atomic mass is 19.1. The largest absolute Gasteiger partial charge is 0.312 e. The number of halogens is 1. The van der Waals surface area contributed by atoms with Crippen LogP contribution in [0.15, 0.2) is 24.3 Å². The first-order valence-electron chi connectivity index (χ1n) is 7.24. The fourth-order valence-corrected chi connectivity index (χ4v) is 2.15. The number of hydrogen-bond donors (Lipinski definition) is 1. The average molecular weight is 266 g/mol. The molecule has 108 valence electrons. The zero-order valence-corrected chi connectivity index (χ0v) is 12.6. The van der Waals surface area contributed by atoms with Gasteiger partial charge in [-0.25, -0.2) is 4.39 Å². The molecule has 1 aromatic rings. The zero-order chi connectivity index (χ0) is 14.3. The van der Waals surface area contributed by atoms with Crippen LogP contribution >= 0.6 is 0 Å². The van der Waals surface area contributed by atoms with E-state index in [4.69, 9.17) is 0 Å². The molecular formula is C16H27FN2. The summed E-state index contributed by atoms with van der Waals surface area (Å²) in [5.74, 6) is -0.159. The first-order valence-corrected chi connectivity index (χ1v) is 7.24. The van der Waals surface area contributed by atoms with Crippen LogP contribution in [0.1, 0.15) is 39.2 Å². The number of rotatable bonds is 8. The number of nitrogens with one attached hydrogen (secondary N) is 1. The Labute approximate surface area is 117 Å². The summed E-state index contributed by atoms with van der Waals surface area (Å²) in [5.41, 5.74) is 1.02. The molecule has 0 spiro atoms. The monoisotopic (exact) mass is 266 g/mol. The highest BCUT2D eigenvalue weighted by Crippen LogP contribution is 2.08. The van der Waals surface area contributed by atoms with Gasteiger partial charge in [0, 0.05) is 25.2 Å². The van der Waals surface area contributed by atoms with Crippen LogP contribution in [0.5, 0.6) is 0 Å². The SMILES string of the molecule is CCC(CC)NCC(C)N(C)Cc1cccc(F)c1. The third-order valence-electron chi connectivity index (χ3n) is 3.76. The lowest BCUT2D eigenvalue weighted by Gasteiger charge is -2.27. The standard InChI is InChI=1S/C16H27FN2/c1-5-16(6-2)18-11-13(3)19(4)12-14-8-7-9-15(17)10-14/h7-10,13,16,18H,5-6,11-12H2,1-4H3. The van der Waals surface area contributed by atoms with Crippen molar-refractivity contribution in [1.29, 1.82) is 0 Å². The maximum Gasteiger partial charge on any atom is 0.123 e. The molecule has 0 aliphatic rings. The normalized spacial score (nSPS) is 13.2. The predicted molar refractivity (Wildman–Crippen MR) is 79.7 cm³/mol. The first-order chi connectivity index (χ1) is 9.06. The van der Waals surface area contributed by atoms with Gasteiger partial charge in [0.1, 0.15) is 5.82 Å². The van der Waals surface area contributed by atoms with Gasteiger partial charge in [-0.05, 0) is 44.5 Å². The van der Waals surface area contributed by atoms with Crippen molar-refractivity contribution < 1.29 is 4.39 Å². The molecule has 3 heteroatoms. The van der Waals surface area contributed by atoms with E-state index >= 15 is 0 Å². The third kappa shape index (κ3) is 5.70. The topological polar surface area (TPSA) is 15.3 Å². The molecule has 1 unspecified atom stereocenters. The Hall–Kier alpha value is -0.930. The molecule has 0 fully saturated rings. The van der Waals surface area contributed by atoms with E-state index in [1.165, 1.54) is 6.07 Å². The highest BCUT2D eigenvalue weighted by molar-refractivity contribution is 5.16. The van der Waals surface area contributed by atoms with E-state index < -0.39 is 0 Å². The number of likely N-dealkylation sites (N-methyl/N-ethyl adjacent to an activating group) is 1. The van der Waals surface area contributed by atoms with Crippen molar-refractivity contribution in [1.82, 2.24) is 10.2 Å². The molecular weight excluding hydrogens is 239 g/mol. The average Bonchev–Trinajstić information content (AvgIpc) is 2.39. The number of nitrogens with zero attached hydrogens (tertiary/aromatic N) is 1. The fraction of sp³-hybridized carbons (Fsp3) is 0.625. The second-order valence-corrected chi connectivity index (χ2v) is 5.32. The Morgan fingerprint density at radius 3 is 2.53 bits per heavy atom. The van der Waals surface area contributed by atoms with E-state index in [0.29, 0.717) is 12.1 Å². The van der Waals surface area contributed by atoms with Gasteiger partial charge in [-0.15, -0.1) is 0 Å². The van der Waals surface area contributed by atoms with Gasteiger partial charge in [0.25, 0.3) is 0 Å². The first kappa shape index (κ1) is 16.1. The molecule has 0 amide bonds. The van der Waals surface area contributed by atoms with Gasteiger partial charge in [0.05, 0.1) is 0 Å². The maximum absolute atomic E-state index is 13.1. The van der Waals surface area contributed by atoms with Crippen molar-refractivity contribution in [2.75, 3.05) is 13.6 Å². The molecule has 1 atom stereocenters. The van der Waals surface area contributed by atoms with Crippen molar-refractivity contribution >= 4 is 0 Å². The van der Waals surface area contributed by atoms with Crippen LogP contribution in [0.3, 0.4) is 0 Å². The van der Waals surface area contributed by atoms with E-state index in [-0.39, 0.29) is 5.82 Å². The lowest BCUT2D eigenvalue weighted by Crippen LogP contribution is -2.41. The minimum Gasteiger partial charge on any atom is -0.312 e. The van der Waals surface area contributed by atoms with E-state index in [1.54, 1.807) is 12.1 Å². The second kappa shape index (κ2) is 8.28. The minimum atomic E-state index is -0.159. The predicted octanol–water partition coefficient (Wildman–Crippen LogP) is 3.42. The Morgan fingerprint density at radius 2 is 1.95 bits per heavy atom. The third-order valence-corrected chi connectivity index (χ3v) is 3.76. The van der Waals surface area contributed by atoms with Gasteiger partial charge in [-0.3, -0.25) is 4.90 Å². The smallest absolute Gasteiger partial charge is 0.123 e. The summed E-state index contributed by atoms with van der Waals surface area (Å²) in [6, 6.07) is 7.87. The quantitative estimate of drug-likeness (QED) is 0.775. The van der Waals surface area contributed by atoms with Crippen LogP contribution < -0.4 is 5.32 Å². The summed E-state index contributed by atoms with van der Waals surface area (Å²) in [7, 11) is 2.09. The molecule has 0 saturated heterocycles. The molecule has 0 aromatic heterocycles. The molecule has 0 bridgehead atoms. The van der Waals surface area contributed by atoms with Crippen LogP contribution in [0.4, 0.5) is 4.39 Å². The summed E-state index contributed by atoms with van der Waals surface area (Å²) in [5, 5.41) is 3.58. The van der Waals surface area contributed by atoms with E-state index in [2.05, 4.69) is 38.0 Å². The molecule has 19 heavy (non-hydrogen) atoms. The van der Waals surface area contributed by atoms with Crippen LogP contribution in [0, 0.1) is 5.82 Å². The molecule has 1 aromatic carbocycles. The van der Waals surface area contributed by atoms with Gasteiger partial charge in [-0.2, -0.15) is 0 Å². The van der Waals surface area contributed by atoms with Crippen LogP contribution in [0.25, 0.3) is 0 Å². The van der Waals surface area contributed by atoms with Crippen molar-refractivity contribution in [2.45, 2.75) is 52.2 Å². The molecule has 0 aliphatic heterocycles. The Balaban J connectivity index is 2.42. The van der Waals surface area contributed by atoms with Crippen LogP contribution in [0.2, 0.25) is 0 Å². The maximum atomic E-state index is 13.1. The summed E-state index contributed by atoms with van der Waals surface area (Å²) in [6.45, 7) is 8.38. The van der Waals surface area contributed by atoms with Gasteiger partial charge >= 0.3 is 0 Å². The lowest BCUT2D eigenvalue weighted by atomic mass is 10.1. The van der Waals surface area contributed by atoms with Crippen molar-refractivity contribution in [3.8, 4) is 0 Å². The molecule has 0 heterocycles. The Kier molecular flexibility index (Phi) is 7.03. The number of benzene rings is 1. The molecule has 2 nitrogen and oxygen atoms in total. The summed E-state index contributed by atoms with van der Waals surface area (Å²) in [6.07, 6.45) is 2.33.